The Kier molecular flexibility index (Phi) is 26.1. The van der Waals surface area contributed by atoms with Crippen LogP contribution in [0.5, 0.6) is 0 Å². The van der Waals surface area contributed by atoms with Gasteiger partial charge in [0.1, 0.15) is 61.1 Å². The van der Waals surface area contributed by atoms with Crippen LogP contribution in [0.25, 0.3) is 39.6 Å². The zero-order valence-electron chi connectivity index (χ0n) is 67.5. The lowest BCUT2D eigenvalue weighted by molar-refractivity contribution is -0.148. The largest absolute Gasteiger partial charge is 0.478 e. The standard InChI is InChI=1S/C31H31FN6O5.C28H27FN6O6.C28H29N7O6/c1-2-33-31(41)37-28-25-29(35-16-34-28)38(17-36-25)23-15-19(12-13-20-21(30(39)40)9-6-10-22(20)32)26-27(23)43-24(42-26)14-11-18-7-4-3-5-8-18;1-2-30-28(38)34-23-20-24(32-13-31-23)35(14-33-20)25-22-21(40-27(41-22)15-7-4-3-5-8-15)19(39-25)12-11-16-17(26(36)37)9-6-10-18(16)29;1-2-29-28(38)34-23-20-24(32-14-31-23)35(15-33-20)25-22-21(40-27(41-22)16-8-4-3-5-9-16)19(39-25)12-6-11-18-17(26(36)37)10-7-13-30-18/h3-11,14,16-17,19,23-24,26-27H,2,12-13,15H2,1H3,(H,39,40)(H2,33,34,35,37,41);3-10,13-14,19,21-22,25,27H,2,11-12H2,1H3,(H,36,37)(H2,30,31,32,34,38);3-5,7-10,13-15,19,21-22,25,27H,2,6,11-12H2,1H3,(H,36,37)(H2,29,31,32,34,38)/b14-11+;;/t19?,23?,24-,26?,27?;2*19?,21?,22?,25?,27-/m000/s1. The number of carboxylic acids is 3. The molecule has 6 aliphatic rings. The molecule has 0 bridgehead atoms. The maximum absolute atomic E-state index is 14.7. The molecular formula is C87H87F2N19O17. The zero-order chi connectivity index (χ0) is 86.8. The van der Waals surface area contributed by atoms with Gasteiger partial charge in [0, 0.05) is 48.1 Å². The second-order valence-corrected chi connectivity index (χ2v) is 29.9. The Morgan fingerprint density at radius 1 is 0.432 bits per heavy atom. The fraction of sp³-hybridized carbons (Fsp3) is 0.333. The third kappa shape index (κ3) is 18.6. The first-order chi connectivity index (χ1) is 60.9. The SMILES string of the molecule is CCNC(=O)Nc1ncnc2c1ncn2C1CC(CCc2c(F)cccc2C(=O)O)C2O[C@H](/C=C/c3ccccc3)OC21.CCNC(=O)Nc1ncnc2c1ncn2C1OC(CCCc2ncccc2C(=O)O)C2O[C@H](c3ccccc3)OC21.CCNC(=O)Nc1ncnc2c1ncn2C1OC(CCc2c(F)cccc2C(=O)O)C2O[C@H](c3ccccc3)OC21. The highest BCUT2D eigenvalue weighted by atomic mass is 19.1. The zero-order valence-corrected chi connectivity index (χ0v) is 67.5. The highest BCUT2D eigenvalue weighted by Gasteiger charge is 2.56. The average Bonchev–Trinajstić information content (AvgIpc) is 1.60. The molecule has 5 aliphatic heterocycles. The minimum atomic E-state index is -1.20. The summed E-state index contributed by atoms with van der Waals surface area (Å²) in [6.07, 6.45) is 10.8. The van der Waals surface area contributed by atoms with E-state index in [-0.39, 0.29) is 101 Å². The van der Waals surface area contributed by atoms with Gasteiger partial charge in [-0.15, -0.1) is 0 Å². The molecule has 12 heterocycles. The number of nitrogens with one attached hydrogen (secondary N) is 6. The fourth-order valence-corrected chi connectivity index (χ4v) is 16.6. The smallest absolute Gasteiger partial charge is 0.337 e. The molecule has 1 aliphatic carbocycles. The van der Waals surface area contributed by atoms with Crippen molar-refractivity contribution in [2.75, 3.05) is 35.6 Å². The Balaban J connectivity index is 0.000000138. The van der Waals surface area contributed by atoms with Gasteiger partial charge in [0.15, 0.2) is 82.3 Å². The summed E-state index contributed by atoms with van der Waals surface area (Å²) in [4.78, 5) is 115. The van der Waals surface area contributed by atoms with Crippen LogP contribution in [-0.2, 0) is 57.2 Å². The van der Waals surface area contributed by atoms with Gasteiger partial charge in [0.25, 0.3) is 0 Å². The highest BCUT2D eigenvalue weighted by Crippen LogP contribution is 2.50. The molecule has 9 N–H and O–H groups in total. The molecule has 0 radical (unpaired) electrons. The predicted molar refractivity (Wildman–Crippen MR) is 443 cm³/mol. The van der Waals surface area contributed by atoms with Crippen molar-refractivity contribution in [3.63, 3.8) is 0 Å². The third-order valence-electron chi connectivity index (χ3n) is 22.2. The number of carbonyl (C=O) groups excluding carboxylic acids is 3. The van der Waals surface area contributed by atoms with Crippen LogP contribution >= 0.6 is 0 Å². The summed E-state index contributed by atoms with van der Waals surface area (Å²) in [5.41, 5.74) is 6.22. The first-order valence-corrected chi connectivity index (χ1v) is 40.8. The molecule has 18 rings (SSSR count). The quantitative estimate of drug-likeness (QED) is 0.0243. The monoisotopic (exact) mass is 1710 g/mol. The van der Waals surface area contributed by atoms with Crippen LogP contribution < -0.4 is 31.9 Å². The van der Waals surface area contributed by atoms with Gasteiger partial charge in [-0.3, -0.25) is 30.1 Å². The van der Waals surface area contributed by atoms with Gasteiger partial charge in [-0.2, -0.15) is 0 Å². The Morgan fingerprint density at radius 3 is 1.34 bits per heavy atom. The van der Waals surface area contributed by atoms with Crippen molar-refractivity contribution >= 4 is 93.0 Å². The van der Waals surface area contributed by atoms with Crippen LogP contribution in [-0.4, -0.2) is 190 Å². The Bertz CT molecular complexity index is 5920. The van der Waals surface area contributed by atoms with Crippen molar-refractivity contribution in [2.24, 2.45) is 5.92 Å². The summed E-state index contributed by atoms with van der Waals surface area (Å²) in [6, 6.07) is 38.8. The van der Waals surface area contributed by atoms with Crippen LogP contribution in [0.1, 0.15) is 149 Å². The number of ether oxygens (including phenoxy) is 8. The second-order valence-electron chi connectivity index (χ2n) is 29.9. The lowest BCUT2D eigenvalue weighted by Gasteiger charge is -2.21. The number of urea groups is 3. The molecule has 38 heteroatoms. The van der Waals surface area contributed by atoms with Crippen LogP contribution in [0, 0.1) is 17.6 Å². The number of fused-ring (bicyclic) bond motifs is 6. The summed E-state index contributed by atoms with van der Waals surface area (Å²) in [5, 5.41) is 44.8. The summed E-state index contributed by atoms with van der Waals surface area (Å²) >= 11 is 0. The van der Waals surface area contributed by atoms with Gasteiger partial charge in [-0.05, 0) is 126 Å². The first kappa shape index (κ1) is 85.0. The Labute approximate surface area is 711 Å². The predicted octanol–water partition coefficient (Wildman–Crippen LogP) is 12.1. The molecular weight excluding hydrogens is 1620 g/mol. The highest BCUT2D eigenvalue weighted by molar-refractivity contribution is 5.98. The number of nitrogens with zero attached hydrogens (tertiary/aromatic N) is 13. The molecule has 36 nitrogen and oxygen atoms in total. The number of aromatic nitrogens is 13. The van der Waals surface area contributed by atoms with E-state index in [2.05, 4.69) is 81.7 Å². The van der Waals surface area contributed by atoms with Crippen LogP contribution in [0.15, 0.2) is 190 Å². The minimum absolute atomic E-state index is 0.0391. The second kappa shape index (κ2) is 38.4. The number of aryl methyl sites for hydroxylation is 1. The van der Waals surface area contributed by atoms with Crippen molar-refractivity contribution in [2.45, 2.75) is 158 Å². The molecule has 12 aromatic rings. The molecule has 12 unspecified atom stereocenters. The molecule has 1 saturated carbocycles. The van der Waals surface area contributed by atoms with Crippen molar-refractivity contribution in [1.82, 2.24) is 79.5 Å². The van der Waals surface area contributed by atoms with Gasteiger partial charge >= 0.3 is 36.0 Å². The van der Waals surface area contributed by atoms with Gasteiger partial charge in [-0.25, -0.2) is 82.4 Å². The molecule has 0 spiro atoms. The average molecular weight is 1710 g/mol. The molecule has 5 saturated heterocycles. The Hall–Kier alpha value is -13.6. The molecule has 125 heavy (non-hydrogen) atoms. The lowest BCUT2D eigenvalue weighted by atomic mass is 9.93. The van der Waals surface area contributed by atoms with Gasteiger partial charge in [-0.1, -0.05) is 109 Å². The number of amides is 6. The van der Waals surface area contributed by atoms with E-state index in [0.717, 1.165) is 16.7 Å². The number of hydrogen-bond acceptors (Lipinski definition) is 24. The van der Waals surface area contributed by atoms with E-state index >= 15 is 0 Å². The summed E-state index contributed by atoms with van der Waals surface area (Å²) in [7, 11) is 0. The number of carboxylic acid groups (broad SMARTS) is 3. The summed E-state index contributed by atoms with van der Waals surface area (Å²) in [5.74, 6) is -3.77. The normalized spacial score (nSPS) is 23.3. The van der Waals surface area contributed by atoms with E-state index in [1.807, 2.05) is 122 Å². The first-order valence-electron chi connectivity index (χ1n) is 40.8. The molecule has 15 atom stereocenters. The maximum Gasteiger partial charge on any atom is 0.337 e. The van der Waals surface area contributed by atoms with E-state index in [9.17, 15) is 52.9 Å². The number of aromatic carboxylic acids is 3. The van der Waals surface area contributed by atoms with E-state index in [4.69, 9.17) is 37.9 Å². The van der Waals surface area contributed by atoms with E-state index in [1.165, 1.54) is 61.7 Å². The van der Waals surface area contributed by atoms with E-state index < -0.39 is 103 Å². The lowest BCUT2D eigenvalue weighted by Crippen LogP contribution is -2.29. The fourth-order valence-electron chi connectivity index (χ4n) is 16.6. The minimum Gasteiger partial charge on any atom is -0.478 e. The van der Waals surface area contributed by atoms with Crippen LogP contribution in [0.2, 0.25) is 0 Å². The van der Waals surface area contributed by atoms with Gasteiger partial charge in [0.05, 0.1) is 65.7 Å². The van der Waals surface area contributed by atoms with Crippen molar-refractivity contribution in [1.29, 1.82) is 0 Å². The maximum atomic E-state index is 14.7. The van der Waals surface area contributed by atoms with Crippen LogP contribution in [0.3, 0.4) is 0 Å². The number of pyridine rings is 1. The van der Waals surface area contributed by atoms with Gasteiger partial charge in [0.2, 0.25) is 0 Å². The number of anilines is 3. The van der Waals surface area contributed by atoms with E-state index in [1.54, 1.807) is 47.0 Å². The van der Waals surface area contributed by atoms with Crippen molar-refractivity contribution < 1.29 is 90.8 Å². The molecule has 6 amide bonds. The van der Waals surface area contributed by atoms with Gasteiger partial charge < -0.3 is 73.7 Å². The molecule has 7 aromatic heterocycles. The molecule has 6 fully saturated rings. The number of carbonyl (C=O) groups is 6. The number of imidazole rings is 3. The number of rotatable bonds is 26. The number of benzene rings is 5. The van der Waals surface area contributed by atoms with Crippen LogP contribution in [0.4, 0.5) is 40.6 Å². The Morgan fingerprint density at radius 2 is 0.864 bits per heavy atom. The van der Waals surface area contributed by atoms with Crippen molar-refractivity contribution in [3.8, 4) is 0 Å². The van der Waals surface area contributed by atoms with Crippen molar-refractivity contribution in [3.05, 3.63) is 252 Å². The topological polar surface area (TPSA) is 453 Å². The third-order valence-corrected chi connectivity index (χ3v) is 22.2. The van der Waals surface area contributed by atoms with E-state index in [0.29, 0.717) is 90.9 Å². The number of halogens is 2. The molecule has 646 valence electrons. The summed E-state index contributed by atoms with van der Waals surface area (Å²) < 4.78 is 86.1. The number of hydrogen-bond donors (Lipinski definition) is 9. The summed E-state index contributed by atoms with van der Waals surface area (Å²) in [6.45, 7) is 6.80. The molecule has 5 aromatic carbocycles.